The predicted molar refractivity (Wildman–Crippen MR) is 78.8 cm³/mol. The van der Waals surface area contributed by atoms with Gasteiger partial charge in [0.1, 0.15) is 5.69 Å². The van der Waals surface area contributed by atoms with Gasteiger partial charge in [0.25, 0.3) is 5.69 Å². The van der Waals surface area contributed by atoms with Gasteiger partial charge in [0.2, 0.25) is 0 Å². The van der Waals surface area contributed by atoms with Crippen LogP contribution in [0.1, 0.15) is 17.1 Å². The number of non-ortho nitro benzene ring substituents is 1. The van der Waals surface area contributed by atoms with Crippen LogP contribution in [0.3, 0.4) is 0 Å². The first-order chi connectivity index (χ1) is 10.5. The van der Waals surface area contributed by atoms with Crippen molar-refractivity contribution in [3.8, 4) is 5.69 Å². The molecule has 0 saturated carbocycles. The number of nitrogens with zero attached hydrogens (tertiary/aromatic N) is 6. The first-order valence-electron chi connectivity index (χ1n) is 6.70. The van der Waals surface area contributed by atoms with E-state index in [-0.39, 0.29) is 5.69 Å². The lowest BCUT2D eigenvalue weighted by molar-refractivity contribution is -0.384. The molecule has 2 heterocycles. The van der Waals surface area contributed by atoms with Crippen LogP contribution in [-0.4, -0.2) is 29.7 Å². The Morgan fingerprint density at radius 1 is 1.23 bits per heavy atom. The van der Waals surface area contributed by atoms with Gasteiger partial charge in [-0.25, -0.2) is 4.68 Å². The number of aromatic nitrogens is 5. The zero-order valence-corrected chi connectivity index (χ0v) is 12.2. The van der Waals surface area contributed by atoms with Gasteiger partial charge in [-0.3, -0.25) is 14.8 Å². The minimum Gasteiger partial charge on any atom is -0.263 e. The fourth-order valence-corrected chi connectivity index (χ4v) is 2.21. The molecule has 2 aromatic heterocycles. The van der Waals surface area contributed by atoms with Crippen molar-refractivity contribution in [2.45, 2.75) is 20.4 Å². The van der Waals surface area contributed by atoms with Crippen molar-refractivity contribution in [1.82, 2.24) is 24.8 Å². The number of nitro benzene ring substituents is 1. The molecule has 8 heteroatoms. The smallest absolute Gasteiger partial charge is 0.263 e. The molecule has 3 aromatic rings. The third-order valence-corrected chi connectivity index (χ3v) is 3.28. The summed E-state index contributed by atoms with van der Waals surface area (Å²) in [4.78, 5) is 10.2. The summed E-state index contributed by atoms with van der Waals surface area (Å²) in [6.45, 7) is 4.46. The van der Waals surface area contributed by atoms with Crippen molar-refractivity contribution in [2.75, 3.05) is 0 Å². The highest BCUT2D eigenvalue weighted by Crippen LogP contribution is 2.15. The molecule has 0 unspecified atom stereocenters. The highest BCUT2D eigenvalue weighted by molar-refractivity contribution is 5.40. The van der Waals surface area contributed by atoms with Crippen molar-refractivity contribution >= 4 is 5.69 Å². The SMILES string of the molecule is Cc1cc(C)n(Cc2cn(-c3ccc([N+](=O)[O-])cc3)nn2)n1. The first kappa shape index (κ1) is 13.9. The van der Waals surface area contributed by atoms with Gasteiger partial charge in [0.15, 0.2) is 0 Å². The maximum absolute atomic E-state index is 10.7. The minimum absolute atomic E-state index is 0.0479. The molecule has 0 fully saturated rings. The Kier molecular flexibility index (Phi) is 3.42. The van der Waals surface area contributed by atoms with E-state index < -0.39 is 4.92 Å². The van der Waals surface area contributed by atoms with E-state index in [1.807, 2.05) is 24.6 Å². The summed E-state index contributed by atoms with van der Waals surface area (Å²) in [6.07, 6.45) is 1.79. The standard InChI is InChI=1S/C14H14N6O2/c1-10-7-11(2)18(16-10)8-12-9-19(17-15-12)13-3-5-14(6-4-13)20(21)22/h3-7,9H,8H2,1-2H3. The van der Waals surface area contributed by atoms with Gasteiger partial charge in [0, 0.05) is 17.8 Å². The lowest BCUT2D eigenvalue weighted by Gasteiger charge is -2.00. The quantitative estimate of drug-likeness (QED) is 0.543. The van der Waals surface area contributed by atoms with Crippen LogP contribution in [0.2, 0.25) is 0 Å². The van der Waals surface area contributed by atoms with Crippen LogP contribution in [0.25, 0.3) is 5.69 Å². The fourth-order valence-electron chi connectivity index (χ4n) is 2.21. The highest BCUT2D eigenvalue weighted by atomic mass is 16.6. The molecule has 0 spiro atoms. The van der Waals surface area contributed by atoms with E-state index in [1.54, 1.807) is 23.0 Å². The average molecular weight is 298 g/mol. The van der Waals surface area contributed by atoms with Gasteiger partial charge in [-0.05, 0) is 32.0 Å². The Hall–Kier alpha value is -3.03. The van der Waals surface area contributed by atoms with Crippen molar-refractivity contribution in [1.29, 1.82) is 0 Å². The Morgan fingerprint density at radius 3 is 2.55 bits per heavy atom. The van der Waals surface area contributed by atoms with E-state index in [9.17, 15) is 10.1 Å². The lowest BCUT2D eigenvalue weighted by atomic mass is 10.3. The molecule has 0 bridgehead atoms. The van der Waals surface area contributed by atoms with Crippen LogP contribution >= 0.6 is 0 Å². The third kappa shape index (κ3) is 2.71. The van der Waals surface area contributed by atoms with E-state index >= 15 is 0 Å². The summed E-state index contributed by atoms with van der Waals surface area (Å²) in [7, 11) is 0. The van der Waals surface area contributed by atoms with Crippen molar-refractivity contribution in [3.63, 3.8) is 0 Å². The molecule has 0 N–H and O–H groups in total. The predicted octanol–water partition coefficient (Wildman–Crippen LogP) is 2.04. The summed E-state index contributed by atoms with van der Waals surface area (Å²) >= 11 is 0. The van der Waals surface area contributed by atoms with Gasteiger partial charge in [-0.15, -0.1) is 5.10 Å². The summed E-state index contributed by atoms with van der Waals surface area (Å²) in [5, 5.41) is 23.2. The molecule has 0 radical (unpaired) electrons. The van der Waals surface area contributed by atoms with Gasteiger partial charge in [-0.2, -0.15) is 5.10 Å². The van der Waals surface area contributed by atoms with Gasteiger partial charge < -0.3 is 0 Å². The van der Waals surface area contributed by atoms with Gasteiger partial charge in [0.05, 0.1) is 29.0 Å². The van der Waals surface area contributed by atoms with E-state index in [0.29, 0.717) is 6.54 Å². The molecule has 22 heavy (non-hydrogen) atoms. The molecule has 0 aliphatic heterocycles. The maximum Gasteiger partial charge on any atom is 0.269 e. The van der Waals surface area contributed by atoms with Crippen LogP contribution in [-0.2, 0) is 6.54 Å². The number of nitro groups is 1. The molecule has 0 aliphatic rings. The Morgan fingerprint density at radius 2 is 1.95 bits per heavy atom. The number of hydrogen-bond acceptors (Lipinski definition) is 5. The Labute approximate surface area is 126 Å². The zero-order valence-electron chi connectivity index (χ0n) is 12.2. The Bertz CT molecular complexity index is 818. The average Bonchev–Trinajstić information content (AvgIpc) is 3.06. The largest absolute Gasteiger partial charge is 0.269 e. The Balaban J connectivity index is 1.81. The van der Waals surface area contributed by atoms with Crippen LogP contribution in [0.4, 0.5) is 5.69 Å². The topological polar surface area (TPSA) is 91.7 Å². The summed E-state index contributed by atoms with van der Waals surface area (Å²) in [6, 6.07) is 8.16. The fraction of sp³-hybridized carbons (Fsp3) is 0.214. The van der Waals surface area contributed by atoms with Gasteiger partial charge in [-0.1, -0.05) is 5.21 Å². The lowest BCUT2D eigenvalue weighted by Crippen LogP contribution is -2.04. The molecular formula is C14H14N6O2. The van der Waals surface area contributed by atoms with E-state index in [1.165, 1.54) is 12.1 Å². The monoisotopic (exact) mass is 298 g/mol. The normalized spacial score (nSPS) is 10.8. The number of benzene rings is 1. The summed E-state index contributed by atoms with van der Waals surface area (Å²) in [5.74, 6) is 0. The maximum atomic E-state index is 10.7. The van der Waals surface area contributed by atoms with Crippen molar-refractivity contribution in [3.05, 3.63) is 63.7 Å². The van der Waals surface area contributed by atoms with Crippen molar-refractivity contribution in [2.24, 2.45) is 0 Å². The molecule has 112 valence electrons. The molecule has 0 atom stereocenters. The van der Waals surface area contributed by atoms with Crippen LogP contribution < -0.4 is 0 Å². The minimum atomic E-state index is -0.431. The molecule has 0 saturated heterocycles. The second-order valence-electron chi connectivity index (χ2n) is 5.01. The number of rotatable bonds is 4. The van der Waals surface area contributed by atoms with E-state index in [0.717, 1.165) is 22.8 Å². The zero-order chi connectivity index (χ0) is 15.7. The summed E-state index contributed by atoms with van der Waals surface area (Å²) < 4.78 is 3.45. The number of hydrogen-bond donors (Lipinski definition) is 0. The molecule has 0 aliphatic carbocycles. The molecular weight excluding hydrogens is 284 g/mol. The third-order valence-electron chi connectivity index (χ3n) is 3.28. The van der Waals surface area contributed by atoms with Crippen LogP contribution in [0.15, 0.2) is 36.5 Å². The van der Waals surface area contributed by atoms with Crippen molar-refractivity contribution < 1.29 is 4.92 Å². The molecule has 8 nitrogen and oxygen atoms in total. The van der Waals surface area contributed by atoms with Crippen LogP contribution in [0.5, 0.6) is 0 Å². The van der Waals surface area contributed by atoms with Gasteiger partial charge >= 0.3 is 0 Å². The second kappa shape index (κ2) is 5.40. The molecule has 3 rings (SSSR count). The van der Waals surface area contributed by atoms with E-state index in [2.05, 4.69) is 15.4 Å². The second-order valence-corrected chi connectivity index (χ2v) is 5.01. The van der Waals surface area contributed by atoms with E-state index in [4.69, 9.17) is 0 Å². The summed E-state index contributed by atoms with van der Waals surface area (Å²) in [5.41, 5.74) is 3.55. The highest BCUT2D eigenvalue weighted by Gasteiger charge is 2.09. The number of aryl methyl sites for hydroxylation is 2. The molecule has 0 amide bonds. The molecule has 1 aromatic carbocycles. The first-order valence-corrected chi connectivity index (χ1v) is 6.70. The van der Waals surface area contributed by atoms with Crippen LogP contribution in [0, 0.1) is 24.0 Å².